The van der Waals surface area contributed by atoms with Crippen LogP contribution < -0.4 is 4.72 Å². The Morgan fingerprint density at radius 3 is 2.37 bits per heavy atom. The van der Waals surface area contributed by atoms with Crippen molar-refractivity contribution in [2.75, 3.05) is 4.72 Å². The van der Waals surface area contributed by atoms with Crippen LogP contribution in [0.4, 0.5) is 5.69 Å². The Bertz CT molecular complexity index is 1210. The Morgan fingerprint density at radius 1 is 1.00 bits per heavy atom. The Balaban J connectivity index is 1.60. The maximum Gasteiger partial charge on any atom is 0.261 e. The Morgan fingerprint density at radius 2 is 1.70 bits per heavy atom. The monoisotopic (exact) mass is 441 g/mol. The predicted molar refractivity (Wildman–Crippen MR) is 110 cm³/mol. The fourth-order valence-electron chi connectivity index (χ4n) is 2.83. The molecule has 136 valence electrons. The number of benzene rings is 2. The number of aromatic nitrogens is 2. The van der Waals surface area contributed by atoms with Crippen molar-refractivity contribution < 1.29 is 8.42 Å². The van der Waals surface area contributed by atoms with Gasteiger partial charge in [0.2, 0.25) is 0 Å². The number of anilines is 1. The molecule has 2 aromatic heterocycles. The first-order valence-corrected chi connectivity index (χ1v) is 10.5. The summed E-state index contributed by atoms with van der Waals surface area (Å²) in [6.45, 7) is 2.02. The average molecular weight is 442 g/mol. The van der Waals surface area contributed by atoms with Crippen LogP contribution in [0, 0.1) is 6.92 Å². The van der Waals surface area contributed by atoms with Gasteiger partial charge in [-0.1, -0.05) is 34.1 Å². The third-order valence-electron chi connectivity index (χ3n) is 4.23. The number of hydrogen-bond donors (Lipinski definition) is 1. The molecule has 5 nitrogen and oxygen atoms in total. The molecule has 0 spiro atoms. The third kappa shape index (κ3) is 3.61. The zero-order valence-electron chi connectivity index (χ0n) is 14.4. The van der Waals surface area contributed by atoms with Crippen LogP contribution >= 0.6 is 15.9 Å². The smallest absolute Gasteiger partial charge is 0.261 e. The van der Waals surface area contributed by atoms with E-state index in [1.807, 2.05) is 48.0 Å². The van der Waals surface area contributed by atoms with Gasteiger partial charge in [0.1, 0.15) is 5.65 Å². The molecule has 27 heavy (non-hydrogen) atoms. The van der Waals surface area contributed by atoms with E-state index >= 15 is 0 Å². The number of hydrogen-bond acceptors (Lipinski definition) is 3. The van der Waals surface area contributed by atoms with Crippen LogP contribution in [-0.4, -0.2) is 17.8 Å². The topological polar surface area (TPSA) is 63.5 Å². The quantitative estimate of drug-likeness (QED) is 0.491. The van der Waals surface area contributed by atoms with E-state index in [0.717, 1.165) is 26.9 Å². The number of aryl methyl sites for hydroxylation is 1. The summed E-state index contributed by atoms with van der Waals surface area (Å²) in [5.41, 5.74) is 4.27. The van der Waals surface area contributed by atoms with Gasteiger partial charge in [0.25, 0.3) is 10.0 Å². The van der Waals surface area contributed by atoms with Crippen LogP contribution in [0.3, 0.4) is 0 Å². The average Bonchev–Trinajstić information content (AvgIpc) is 3.08. The number of nitrogens with zero attached hydrogens (tertiary/aromatic N) is 2. The van der Waals surface area contributed by atoms with Gasteiger partial charge in [-0.15, -0.1) is 0 Å². The van der Waals surface area contributed by atoms with Gasteiger partial charge in [0, 0.05) is 28.1 Å². The van der Waals surface area contributed by atoms with E-state index < -0.39 is 10.0 Å². The van der Waals surface area contributed by atoms with Gasteiger partial charge in [-0.25, -0.2) is 13.4 Å². The van der Waals surface area contributed by atoms with E-state index in [2.05, 4.69) is 25.6 Å². The van der Waals surface area contributed by atoms with E-state index in [1.165, 1.54) is 0 Å². The summed E-state index contributed by atoms with van der Waals surface area (Å²) in [5, 5.41) is 0. The van der Waals surface area contributed by atoms with Crippen LogP contribution in [0.5, 0.6) is 0 Å². The first-order valence-electron chi connectivity index (χ1n) is 8.25. The van der Waals surface area contributed by atoms with E-state index in [-0.39, 0.29) is 4.90 Å². The van der Waals surface area contributed by atoms with Crippen LogP contribution in [0.1, 0.15) is 5.56 Å². The molecule has 0 fully saturated rings. The molecular formula is C20H16BrN3O2S. The Labute approximate surface area is 165 Å². The first kappa shape index (κ1) is 17.8. The number of imidazole rings is 1. The molecule has 0 saturated carbocycles. The second-order valence-electron chi connectivity index (χ2n) is 6.18. The molecule has 0 aliphatic rings. The summed E-state index contributed by atoms with van der Waals surface area (Å²) >= 11 is 3.30. The summed E-state index contributed by atoms with van der Waals surface area (Å²) in [7, 11) is -3.62. The van der Waals surface area contributed by atoms with Crippen molar-refractivity contribution in [3.8, 4) is 11.3 Å². The summed E-state index contributed by atoms with van der Waals surface area (Å²) in [6, 6.07) is 17.7. The minimum atomic E-state index is -3.62. The predicted octanol–water partition coefficient (Wildman–Crippen LogP) is 4.87. The highest BCUT2D eigenvalue weighted by Crippen LogP contribution is 2.24. The van der Waals surface area contributed by atoms with Crippen molar-refractivity contribution in [3.05, 3.63) is 83.1 Å². The lowest BCUT2D eigenvalue weighted by molar-refractivity contribution is 0.601. The highest BCUT2D eigenvalue weighted by molar-refractivity contribution is 9.10. The standard InChI is InChI=1S/C20H16BrN3O2S/c1-14-3-2-12-24-13-19(22-20(14)24)15-4-8-17(9-5-15)23-27(25,26)18-10-6-16(21)7-11-18/h2-13,23H,1H3. The number of sulfonamides is 1. The second-order valence-corrected chi connectivity index (χ2v) is 8.78. The van der Waals surface area contributed by atoms with E-state index in [9.17, 15) is 8.42 Å². The van der Waals surface area contributed by atoms with E-state index in [1.54, 1.807) is 36.4 Å². The van der Waals surface area contributed by atoms with Crippen molar-refractivity contribution >= 4 is 37.3 Å². The molecule has 0 aliphatic carbocycles. The van der Waals surface area contributed by atoms with Gasteiger partial charge in [0.05, 0.1) is 10.6 Å². The SMILES string of the molecule is Cc1cccn2cc(-c3ccc(NS(=O)(=O)c4ccc(Br)cc4)cc3)nc12. The van der Waals surface area contributed by atoms with Crippen molar-refractivity contribution in [2.45, 2.75) is 11.8 Å². The minimum absolute atomic E-state index is 0.214. The fourth-order valence-corrected chi connectivity index (χ4v) is 4.15. The lowest BCUT2D eigenvalue weighted by atomic mass is 10.1. The highest BCUT2D eigenvalue weighted by atomic mass is 79.9. The zero-order chi connectivity index (χ0) is 19.0. The zero-order valence-corrected chi connectivity index (χ0v) is 16.8. The molecule has 0 bridgehead atoms. The maximum atomic E-state index is 12.5. The van der Waals surface area contributed by atoms with E-state index in [4.69, 9.17) is 0 Å². The number of rotatable bonds is 4. The van der Waals surface area contributed by atoms with Gasteiger partial charge in [-0.2, -0.15) is 0 Å². The van der Waals surface area contributed by atoms with Crippen LogP contribution in [0.2, 0.25) is 0 Å². The van der Waals surface area contributed by atoms with Crippen LogP contribution in [0.15, 0.2) is 82.4 Å². The van der Waals surface area contributed by atoms with Gasteiger partial charge in [0.15, 0.2) is 0 Å². The molecule has 0 amide bonds. The summed E-state index contributed by atoms with van der Waals surface area (Å²) in [4.78, 5) is 4.88. The second kappa shape index (κ2) is 6.83. The van der Waals surface area contributed by atoms with Gasteiger partial charge in [-0.3, -0.25) is 4.72 Å². The number of halogens is 1. The van der Waals surface area contributed by atoms with Gasteiger partial charge in [-0.05, 0) is 55.0 Å². The molecule has 1 N–H and O–H groups in total. The lowest BCUT2D eigenvalue weighted by Crippen LogP contribution is -2.12. The molecule has 4 rings (SSSR count). The summed E-state index contributed by atoms with van der Waals surface area (Å²) in [6.07, 6.45) is 3.92. The van der Waals surface area contributed by atoms with Gasteiger partial charge < -0.3 is 4.40 Å². The van der Waals surface area contributed by atoms with Gasteiger partial charge >= 0.3 is 0 Å². The molecule has 0 atom stereocenters. The molecule has 7 heteroatoms. The largest absolute Gasteiger partial charge is 0.306 e. The van der Waals surface area contributed by atoms with Crippen molar-refractivity contribution in [2.24, 2.45) is 0 Å². The normalized spacial score (nSPS) is 11.6. The first-order chi connectivity index (χ1) is 12.9. The number of nitrogens with one attached hydrogen (secondary N) is 1. The van der Waals surface area contributed by atoms with Crippen molar-refractivity contribution in [3.63, 3.8) is 0 Å². The molecule has 0 saturated heterocycles. The Kier molecular flexibility index (Phi) is 4.49. The molecule has 0 radical (unpaired) electrons. The molecule has 2 heterocycles. The number of fused-ring (bicyclic) bond motifs is 1. The maximum absolute atomic E-state index is 12.5. The highest BCUT2D eigenvalue weighted by Gasteiger charge is 2.14. The lowest BCUT2D eigenvalue weighted by Gasteiger charge is -2.08. The molecule has 2 aromatic carbocycles. The van der Waals surface area contributed by atoms with Crippen LogP contribution in [0.25, 0.3) is 16.9 Å². The third-order valence-corrected chi connectivity index (χ3v) is 6.16. The molecule has 0 aliphatic heterocycles. The number of pyridine rings is 1. The van der Waals surface area contributed by atoms with E-state index in [0.29, 0.717) is 5.69 Å². The minimum Gasteiger partial charge on any atom is -0.306 e. The Hall–Kier alpha value is -2.64. The molecule has 0 unspecified atom stereocenters. The summed E-state index contributed by atoms with van der Waals surface area (Å²) in [5.74, 6) is 0. The van der Waals surface area contributed by atoms with Crippen molar-refractivity contribution in [1.29, 1.82) is 0 Å². The molecular weight excluding hydrogens is 426 g/mol. The molecule has 4 aromatic rings. The van der Waals surface area contributed by atoms with Crippen LogP contribution in [-0.2, 0) is 10.0 Å². The summed E-state index contributed by atoms with van der Waals surface area (Å²) < 4.78 is 30.4. The fraction of sp³-hybridized carbons (Fsp3) is 0.0500. The van der Waals surface area contributed by atoms with Crippen molar-refractivity contribution in [1.82, 2.24) is 9.38 Å².